The third kappa shape index (κ3) is 4.84. The van der Waals surface area contributed by atoms with Gasteiger partial charge in [-0.1, -0.05) is 6.92 Å². The average Bonchev–Trinajstić information content (AvgIpc) is 1.99. The van der Waals surface area contributed by atoms with E-state index in [4.69, 9.17) is 0 Å². The Morgan fingerprint density at radius 3 is 2.44 bits per heavy atom. The predicted octanol–water partition coefficient (Wildman–Crippen LogP) is -2.89. The molecule has 16 heavy (non-hydrogen) atoms. The van der Waals surface area contributed by atoms with Gasteiger partial charge in [-0.3, -0.25) is 14.9 Å². The predicted molar refractivity (Wildman–Crippen MR) is 47.9 cm³/mol. The van der Waals surface area contributed by atoms with Gasteiger partial charge in [-0.25, -0.2) is 0 Å². The van der Waals surface area contributed by atoms with Gasteiger partial charge < -0.3 is 17.8 Å². The first kappa shape index (κ1) is 16.6. The van der Waals surface area contributed by atoms with Crippen molar-refractivity contribution in [2.24, 2.45) is 0 Å². The zero-order valence-electron chi connectivity index (χ0n) is 9.17. The van der Waals surface area contributed by atoms with Gasteiger partial charge in [-0.05, 0) is 12.9 Å². The minimum absolute atomic E-state index is 0. The van der Waals surface area contributed by atoms with Crippen LogP contribution in [-0.2, 0) is 9.59 Å². The number of imide groups is 1. The minimum atomic E-state index is -5.01. The fourth-order valence-corrected chi connectivity index (χ4v) is 1.62. The maximum Gasteiger partial charge on any atom is 1.00 e. The molecule has 1 heterocycles. The Labute approximate surface area is 134 Å². The topological polar surface area (TPSA) is 49.4 Å². The van der Waals surface area contributed by atoms with Crippen molar-refractivity contribution < 1.29 is 73.9 Å². The fraction of sp³-hybridized carbons (Fsp3) is 0.714. The molecule has 1 unspecified atom stereocenters. The molecule has 0 radical (unpaired) electrons. The van der Waals surface area contributed by atoms with E-state index >= 15 is 0 Å². The van der Waals surface area contributed by atoms with Crippen LogP contribution in [0.5, 0.6) is 0 Å². The van der Waals surface area contributed by atoms with Gasteiger partial charge >= 0.3 is 58.4 Å². The zero-order chi connectivity index (χ0) is 11.6. The Hall–Kier alpha value is 0.591. The molecule has 1 atom stereocenters. The van der Waals surface area contributed by atoms with Gasteiger partial charge in [0, 0.05) is 0 Å². The summed E-state index contributed by atoms with van der Waals surface area (Å²) in [6, 6.07) is -0.855. The SMILES string of the molecule is CCC1C(=O)NC(=O)CN1C[B-](F)(F)F.[K+]. The van der Waals surface area contributed by atoms with Gasteiger partial charge in [0.1, 0.15) is 0 Å². The molecule has 0 aromatic carbocycles. The molecule has 0 spiro atoms. The number of carbonyl (C=O) groups excluding carboxylic acids is 2. The number of carbonyl (C=O) groups is 2. The van der Waals surface area contributed by atoms with Crippen LogP contribution in [0.25, 0.3) is 0 Å². The molecule has 1 aliphatic heterocycles. The summed E-state index contributed by atoms with van der Waals surface area (Å²) in [5.41, 5.74) is 0. The van der Waals surface area contributed by atoms with Crippen molar-refractivity contribution in [3.8, 4) is 0 Å². The summed E-state index contributed by atoms with van der Waals surface area (Å²) in [5.74, 6) is -1.32. The van der Waals surface area contributed by atoms with Gasteiger partial charge in [0.15, 0.2) is 0 Å². The zero-order valence-corrected chi connectivity index (χ0v) is 12.3. The third-order valence-corrected chi connectivity index (χ3v) is 2.18. The quantitative estimate of drug-likeness (QED) is 0.439. The van der Waals surface area contributed by atoms with Crippen molar-refractivity contribution in [2.45, 2.75) is 19.4 Å². The summed E-state index contributed by atoms with van der Waals surface area (Å²) in [6.45, 7) is -3.78. The van der Waals surface area contributed by atoms with Gasteiger partial charge in [0.2, 0.25) is 11.8 Å². The Kier molecular flexibility index (Phi) is 6.74. The van der Waals surface area contributed by atoms with E-state index in [1.165, 1.54) is 0 Å². The van der Waals surface area contributed by atoms with Crippen molar-refractivity contribution >= 4 is 18.8 Å². The van der Waals surface area contributed by atoms with E-state index < -0.39 is 31.3 Å². The second kappa shape index (κ2) is 6.50. The number of amides is 2. The summed E-state index contributed by atoms with van der Waals surface area (Å²) < 4.78 is 36.5. The first-order valence-corrected chi connectivity index (χ1v) is 4.62. The molecular weight excluding hydrogens is 251 g/mol. The van der Waals surface area contributed by atoms with E-state index in [9.17, 15) is 22.5 Å². The Bertz CT molecular complexity index is 287. The van der Waals surface area contributed by atoms with Crippen LogP contribution in [0.2, 0.25) is 0 Å². The van der Waals surface area contributed by atoms with Crippen molar-refractivity contribution in [3.05, 3.63) is 0 Å². The molecule has 4 nitrogen and oxygen atoms in total. The molecule has 1 N–H and O–H groups in total. The Balaban J connectivity index is 0.00000225. The summed E-state index contributed by atoms with van der Waals surface area (Å²) in [5, 5.41) is 2.02. The van der Waals surface area contributed by atoms with Crippen molar-refractivity contribution in [1.82, 2.24) is 10.2 Å². The van der Waals surface area contributed by atoms with Crippen molar-refractivity contribution in [1.29, 1.82) is 0 Å². The van der Waals surface area contributed by atoms with E-state index in [1.54, 1.807) is 6.92 Å². The average molecular weight is 262 g/mol. The van der Waals surface area contributed by atoms with E-state index in [0.29, 0.717) is 0 Å². The number of piperazine rings is 1. The molecule has 0 aromatic heterocycles. The monoisotopic (exact) mass is 262 g/mol. The molecule has 9 heteroatoms. The number of hydrogen-bond donors (Lipinski definition) is 1. The normalized spacial score (nSPS) is 22.6. The molecule has 86 valence electrons. The molecule has 1 rings (SSSR count). The molecule has 0 saturated carbocycles. The number of hydrogen-bond acceptors (Lipinski definition) is 3. The van der Waals surface area contributed by atoms with Crippen LogP contribution in [0.3, 0.4) is 0 Å². The van der Waals surface area contributed by atoms with Gasteiger partial charge in [-0.15, -0.1) is 0 Å². The minimum Gasteiger partial charge on any atom is -0.448 e. The Morgan fingerprint density at radius 1 is 1.44 bits per heavy atom. The van der Waals surface area contributed by atoms with E-state index in [1.807, 2.05) is 5.32 Å². The van der Waals surface area contributed by atoms with Gasteiger partial charge in [-0.2, -0.15) is 0 Å². The second-order valence-corrected chi connectivity index (χ2v) is 3.48. The van der Waals surface area contributed by atoms with Gasteiger partial charge in [0.05, 0.1) is 12.6 Å². The Morgan fingerprint density at radius 2 is 2.00 bits per heavy atom. The molecule has 2 amide bonds. The second-order valence-electron chi connectivity index (χ2n) is 3.48. The van der Waals surface area contributed by atoms with Crippen LogP contribution < -0.4 is 56.7 Å². The van der Waals surface area contributed by atoms with Crippen molar-refractivity contribution in [2.75, 3.05) is 13.0 Å². The van der Waals surface area contributed by atoms with Crippen LogP contribution in [0.4, 0.5) is 12.9 Å². The molecule has 0 aromatic rings. The molecule has 1 aliphatic rings. The van der Waals surface area contributed by atoms with E-state index in [0.717, 1.165) is 4.90 Å². The smallest absolute Gasteiger partial charge is 0.448 e. The maximum absolute atomic E-state index is 12.2. The number of rotatable bonds is 3. The van der Waals surface area contributed by atoms with Crippen LogP contribution in [0.1, 0.15) is 13.3 Å². The number of halogens is 3. The first-order chi connectivity index (χ1) is 6.83. The first-order valence-electron chi connectivity index (χ1n) is 4.62. The molecule has 0 bridgehead atoms. The summed E-state index contributed by atoms with van der Waals surface area (Å²) >= 11 is 0. The van der Waals surface area contributed by atoms with E-state index in [2.05, 4.69) is 0 Å². The number of nitrogens with zero attached hydrogens (tertiary/aromatic N) is 1. The van der Waals surface area contributed by atoms with Crippen molar-refractivity contribution in [3.63, 3.8) is 0 Å². The van der Waals surface area contributed by atoms with Crippen LogP contribution >= 0.6 is 0 Å². The third-order valence-electron chi connectivity index (χ3n) is 2.18. The maximum atomic E-state index is 12.2. The van der Waals surface area contributed by atoms with Crippen LogP contribution in [0, 0.1) is 0 Å². The summed E-state index contributed by atoms with van der Waals surface area (Å²) in [7, 11) is 0. The fourth-order valence-electron chi connectivity index (χ4n) is 1.62. The standard InChI is InChI=1S/C7H11BF3N2O2.K/c1-2-5-7(15)12-6(14)3-13(5)4-8(9,10)11;/h5H,2-4H2,1H3,(H,12,14,15);/q-1;+1. The summed E-state index contributed by atoms with van der Waals surface area (Å²) in [6.07, 6.45) is -0.914. The molecule has 1 saturated heterocycles. The largest absolute Gasteiger partial charge is 1.00 e. The van der Waals surface area contributed by atoms with Crippen LogP contribution in [-0.4, -0.2) is 42.7 Å². The molecular formula is C7H11BF3KN2O2. The number of nitrogens with one attached hydrogen (secondary N) is 1. The molecule has 0 aliphatic carbocycles. The molecule has 1 fully saturated rings. The van der Waals surface area contributed by atoms with Crippen LogP contribution in [0.15, 0.2) is 0 Å². The summed E-state index contributed by atoms with van der Waals surface area (Å²) in [4.78, 5) is 23.0. The van der Waals surface area contributed by atoms with E-state index in [-0.39, 0.29) is 64.4 Å². The van der Waals surface area contributed by atoms with Gasteiger partial charge in [0.25, 0.3) is 0 Å².